The first-order valence-corrected chi connectivity index (χ1v) is 6.97. The molecule has 0 fully saturated rings. The summed E-state index contributed by atoms with van der Waals surface area (Å²) in [5, 5.41) is 0. The Kier molecular flexibility index (Phi) is 6.02. The Balaban J connectivity index is 2.84. The minimum absolute atomic E-state index is 0.0274. The summed E-state index contributed by atoms with van der Waals surface area (Å²) < 4.78 is 5.80. The van der Waals surface area contributed by atoms with Crippen molar-refractivity contribution in [1.29, 1.82) is 0 Å². The summed E-state index contributed by atoms with van der Waals surface area (Å²) in [6.45, 7) is 5.78. The summed E-state index contributed by atoms with van der Waals surface area (Å²) in [5.74, 6) is -0.558. The molecule has 5 heteroatoms. The maximum atomic E-state index is 12.3. The molecule has 104 valence electrons. The molecule has 0 atom stereocenters. The molecule has 0 radical (unpaired) electrons. The molecule has 0 aliphatic rings. The smallest absolute Gasteiger partial charge is 0.325 e. The van der Waals surface area contributed by atoms with Crippen LogP contribution in [0, 0.1) is 0 Å². The van der Waals surface area contributed by atoms with Gasteiger partial charge in [0.1, 0.15) is 6.54 Å². The van der Waals surface area contributed by atoms with E-state index in [2.05, 4.69) is 15.9 Å². The number of esters is 1. The number of ether oxygens (including phenoxy) is 1. The molecule has 1 rings (SSSR count). The van der Waals surface area contributed by atoms with Gasteiger partial charge in [0.05, 0.1) is 6.61 Å². The molecule has 0 aliphatic carbocycles. The molecule has 1 aromatic carbocycles. The number of carbonyl (C=O) groups is 2. The summed E-state index contributed by atoms with van der Waals surface area (Å²) in [5.41, 5.74) is 0.557. The number of hydrogen-bond donors (Lipinski definition) is 0. The Labute approximate surface area is 121 Å². The van der Waals surface area contributed by atoms with E-state index in [9.17, 15) is 9.59 Å². The van der Waals surface area contributed by atoms with Gasteiger partial charge in [0.2, 0.25) is 0 Å². The van der Waals surface area contributed by atoms with Crippen LogP contribution in [0.2, 0.25) is 0 Å². The zero-order valence-electron chi connectivity index (χ0n) is 11.4. The summed E-state index contributed by atoms with van der Waals surface area (Å²) in [6, 6.07) is 6.99. The number of hydrogen-bond acceptors (Lipinski definition) is 3. The van der Waals surface area contributed by atoms with E-state index >= 15 is 0 Å². The molecule has 0 aromatic heterocycles. The molecule has 0 saturated heterocycles. The van der Waals surface area contributed by atoms with Gasteiger partial charge in [-0.1, -0.05) is 15.9 Å². The Morgan fingerprint density at radius 3 is 2.32 bits per heavy atom. The number of nitrogens with zero attached hydrogens (tertiary/aromatic N) is 1. The van der Waals surface area contributed by atoms with Crippen LogP contribution in [-0.2, 0) is 9.53 Å². The monoisotopic (exact) mass is 327 g/mol. The summed E-state index contributed by atoms with van der Waals surface area (Å²) in [4.78, 5) is 25.4. The zero-order valence-corrected chi connectivity index (χ0v) is 12.9. The predicted octanol–water partition coefficient (Wildman–Crippen LogP) is 2.86. The average Bonchev–Trinajstić information content (AvgIpc) is 2.36. The van der Waals surface area contributed by atoms with Crippen LogP contribution < -0.4 is 0 Å². The van der Waals surface area contributed by atoms with Crippen LogP contribution >= 0.6 is 15.9 Å². The minimum Gasteiger partial charge on any atom is -0.465 e. The Bertz CT molecular complexity index is 443. The van der Waals surface area contributed by atoms with Crippen LogP contribution in [0.15, 0.2) is 28.7 Å². The Hall–Kier alpha value is -1.36. The summed E-state index contributed by atoms with van der Waals surface area (Å²) in [7, 11) is 0. The van der Waals surface area contributed by atoms with Gasteiger partial charge < -0.3 is 9.64 Å². The molecule has 1 amide bonds. The lowest BCUT2D eigenvalue weighted by Gasteiger charge is -2.25. The van der Waals surface area contributed by atoms with Crippen molar-refractivity contribution in [2.75, 3.05) is 13.2 Å². The highest BCUT2D eigenvalue weighted by Gasteiger charge is 2.21. The zero-order chi connectivity index (χ0) is 14.4. The van der Waals surface area contributed by atoms with Crippen molar-refractivity contribution in [2.24, 2.45) is 0 Å². The molecule has 0 heterocycles. The van der Waals surface area contributed by atoms with Gasteiger partial charge in [0.25, 0.3) is 5.91 Å². The Morgan fingerprint density at radius 1 is 1.26 bits per heavy atom. The lowest BCUT2D eigenvalue weighted by Crippen LogP contribution is -2.41. The van der Waals surface area contributed by atoms with Crippen molar-refractivity contribution in [3.05, 3.63) is 34.3 Å². The van der Waals surface area contributed by atoms with Crippen LogP contribution in [0.3, 0.4) is 0 Å². The van der Waals surface area contributed by atoms with Crippen LogP contribution in [0.1, 0.15) is 31.1 Å². The molecule has 0 spiro atoms. The second-order valence-corrected chi connectivity index (χ2v) is 5.25. The largest absolute Gasteiger partial charge is 0.465 e. The van der Waals surface area contributed by atoms with Crippen molar-refractivity contribution in [1.82, 2.24) is 4.90 Å². The fraction of sp³-hybridized carbons (Fsp3) is 0.429. The first kappa shape index (κ1) is 15.7. The lowest BCUT2D eigenvalue weighted by atomic mass is 10.1. The van der Waals surface area contributed by atoms with Crippen molar-refractivity contribution >= 4 is 27.8 Å². The summed E-state index contributed by atoms with van der Waals surface area (Å²) >= 11 is 3.32. The third-order valence-electron chi connectivity index (χ3n) is 2.58. The first-order chi connectivity index (χ1) is 8.95. The second kappa shape index (κ2) is 7.28. The van der Waals surface area contributed by atoms with Gasteiger partial charge in [-0.05, 0) is 45.0 Å². The minimum atomic E-state index is -0.387. The molecule has 0 bridgehead atoms. The number of carbonyl (C=O) groups excluding carboxylic acids is 2. The van der Waals surface area contributed by atoms with E-state index in [1.807, 2.05) is 13.8 Å². The van der Waals surface area contributed by atoms with Crippen LogP contribution in [0.25, 0.3) is 0 Å². The highest BCUT2D eigenvalue weighted by molar-refractivity contribution is 9.10. The predicted molar refractivity (Wildman–Crippen MR) is 76.9 cm³/mol. The molecule has 1 aromatic rings. The number of benzene rings is 1. The van der Waals surface area contributed by atoms with E-state index in [0.29, 0.717) is 12.2 Å². The topological polar surface area (TPSA) is 46.6 Å². The third kappa shape index (κ3) is 4.67. The Morgan fingerprint density at radius 2 is 1.84 bits per heavy atom. The maximum Gasteiger partial charge on any atom is 0.325 e. The van der Waals surface area contributed by atoms with Gasteiger partial charge in [0.15, 0.2) is 0 Å². The van der Waals surface area contributed by atoms with Gasteiger partial charge in [-0.25, -0.2) is 0 Å². The van der Waals surface area contributed by atoms with Crippen LogP contribution in [0.5, 0.6) is 0 Å². The SMILES string of the molecule is CCOC(=O)CN(C(=O)c1ccc(Br)cc1)C(C)C. The van der Waals surface area contributed by atoms with E-state index < -0.39 is 0 Å². The quantitative estimate of drug-likeness (QED) is 0.781. The lowest BCUT2D eigenvalue weighted by molar-refractivity contribution is -0.144. The maximum absolute atomic E-state index is 12.3. The van der Waals surface area contributed by atoms with E-state index in [1.54, 1.807) is 31.2 Å². The molecule has 4 nitrogen and oxygen atoms in total. The molecule has 0 N–H and O–H groups in total. The van der Waals surface area contributed by atoms with Gasteiger partial charge in [-0.3, -0.25) is 9.59 Å². The van der Waals surface area contributed by atoms with Gasteiger partial charge >= 0.3 is 5.97 Å². The van der Waals surface area contributed by atoms with Crippen molar-refractivity contribution in [2.45, 2.75) is 26.8 Å². The molecular formula is C14H18BrNO3. The van der Waals surface area contributed by atoms with Gasteiger partial charge in [0, 0.05) is 16.1 Å². The standard InChI is InChI=1S/C14H18BrNO3/c1-4-19-13(17)9-16(10(2)3)14(18)11-5-7-12(15)8-6-11/h5-8,10H,4,9H2,1-3H3. The molecule has 19 heavy (non-hydrogen) atoms. The van der Waals surface area contributed by atoms with E-state index in [1.165, 1.54) is 4.90 Å². The second-order valence-electron chi connectivity index (χ2n) is 4.34. The molecule has 0 unspecified atom stereocenters. The molecule has 0 saturated carbocycles. The van der Waals surface area contributed by atoms with Gasteiger partial charge in [-0.2, -0.15) is 0 Å². The molecule has 0 aliphatic heterocycles. The number of amides is 1. The van der Waals surface area contributed by atoms with Crippen LogP contribution in [-0.4, -0.2) is 36.0 Å². The molecular weight excluding hydrogens is 310 g/mol. The first-order valence-electron chi connectivity index (χ1n) is 6.17. The fourth-order valence-electron chi connectivity index (χ4n) is 1.59. The van der Waals surface area contributed by atoms with Crippen LogP contribution in [0.4, 0.5) is 0 Å². The van der Waals surface area contributed by atoms with E-state index in [-0.39, 0.29) is 24.5 Å². The number of halogens is 1. The van der Waals surface area contributed by atoms with Gasteiger partial charge in [-0.15, -0.1) is 0 Å². The average molecular weight is 328 g/mol. The van der Waals surface area contributed by atoms with E-state index in [0.717, 1.165) is 4.47 Å². The third-order valence-corrected chi connectivity index (χ3v) is 3.11. The van der Waals surface area contributed by atoms with E-state index in [4.69, 9.17) is 4.74 Å². The highest BCUT2D eigenvalue weighted by atomic mass is 79.9. The normalized spacial score (nSPS) is 10.4. The van der Waals surface area contributed by atoms with Crippen molar-refractivity contribution in [3.63, 3.8) is 0 Å². The van der Waals surface area contributed by atoms with Crippen molar-refractivity contribution in [3.8, 4) is 0 Å². The summed E-state index contributed by atoms with van der Waals surface area (Å²) in [6.07, 6.45) is 0. The fourth-order valence-corrected chi connectivity index (χ4v) is 1.86. The number of rotatable bonds is 5. The van der Waals surface area contributed by atoms with Crippen molar-refractivity contribution < 1.29 is 14.3 Å². The highest BCUT2D eigenvalue weighted by Crippen LogP contribution is 2.13.